The fourth-order valence-corrected chi connectivity index (χ4v) is 2.70. The van der Waals surface area contributed by atoms with E-state index in [0.717, 1.165) is 5.56 Å². The third-order valence-corrected chi connectivity index (χ3v) is 3.95. The number of carbonyl (C=O) groups excluding carboxylic acids is 1. The van der Waals surface area contributed by atoms with Crippen molar-refractivity contribution in [3.05, 3.63) is 72.1 Å². The Labute approximate surface area is 144 Å². The fraction of sp³-hybridized carbons (Fsp3) is 0.167. The van der Waals surface area contributed by atoms with E-state index >= 15 is 0 Å². The summed E-state index contributed by atoms with van der Waals surface area (Å²) >= 11 is 0. The van der Waals surface area contributed by atoms with Crippen LogP contribution in [0.2, 0.25) is 0 Å². The molecule has 7 heteroatoms. The number of benzene rings is 2. The largest absolute Gasteiger partial charge is 0.454 e. The van der Waals surface area contributed by atoms with E-state index in [1.54, 1.807) is 35.4 Å². The molecule has 1 aliphatic heterocycles. The normalized spacial score (nSPS) is 13.4. The van der Waals surface area contributed by atoms with Crippen molar-refractivity contribution in [3.8, 4) is 11.5 Å². The van der Waals surface area contributed by atoms with Crippen molar-refractivity contribution in [1.29, 1.82) is 0 Å². The first kappa shape index (κ1) is 15.2. The SMILES string of the molecule is O=C(NC(Cn1nccn1)c1ccccc1)c1ccc2c(c1)OCO2. The lowest BCUT2D eigenvalue weighted by Crippen LogP contribution is -2.32. The van der Waals surface area contributed by atoms with Gasteiger partial charge in [-0.15, -0.1) is 0 Å². The number of ether oxygens (including phenoxy) is 2. The Kier molecular flexibility index (Phi) is 4.04. The summed E-state index contributed by atoms with van der Waals surface area (Å²) in [6, 6.07) is 14.6. The number of hydrogen-bond acceptors (Lipinski definition) is 5. The minimum atomic E-state index is -0.258. The molecular formula is C18H16N4O3. The summed E-state index contributed by atoms with van der Waals surface area (Å²) in [6.45, 7) is 0.616. The van der Waals surface area contributed by atoms with Crippen LogP contribution in [0, 0.1) is 0 Å². The van der Waals surface area contributed by atoms with Crippen LogP contribution < -0.4 is 14.8 Å². The van der Waals surface area contributed by atoms with Crippen LogP contribution in [0.4, 0.5) is 0 Å². The summed E-state index contributed by atoms with van der Waals surface area (Å²) in [4.78, 5) is 14.3. The van der Waals surface area contributed by atoms with Crippen molar-refractivity contribution in [3.63, 3.8) is 0 Å². The zero-order valence-corrected chi connectivity index (χ0v) is 13.3. The van der Waals surface area contributed by atoms with Crippen molar-refractivity contribution in [2.75, 3.05) is 6.79 Å². The number of fused-ring (bicyclic) bond motifs is 1. The molecule has 2 aromatic carbocycles. The van der Waals surface area contributed by atoms with E-state index in [9.17, 15) is 4.79 Å². The predicted octanol–water partition coefficient (Wildman–Crippen LogP) is 2.18. The highest BCUT2D eigenvalue weighted by atomic mass is 16.7. The number of nitrogens with one attached hydrogen (secondary N) is 1. The van der Waals surface area contributed by atoms with Gasteiger partial charge in [-0.2, -0.15) is 15.0 Å². The first-order valence-electron chi connectivity index (χ1n) is 7.89. The Balaban J connectivity index is 1.56. The Morgan fingerprint density at radius 3 is 2.64 bits per heavy atom. The van der Waals surface area contributed by atoms with Gasteiger partial charge in [-0.05, 0) is 23.8 Å². The first-order chi connectivity index (χ1) is 12.3. The second kappa shape index (κ2) is 6.64. The van der Waals surface area contributed by atoms with Gasteiger partial charge in [0.15, 0.2) is 11.5 Å². The molecule has 0 saturated heterocycles. The van der Waals surface area contributed by atoms with E-state index in [4.69, 9.17) is 9.47 Å². The van der Waals surface area contributed by atoms with Crippen LogP contribution in [0.1, 0.15) is 22.0 Å². The molecule has 7 nitrogen and oxygen atoms in total. The lowest BCUT2D eigenvalue weighted by molar-refractivity contribution is 0.0930. The maximum atomic E-state index is 12.7. The van der Waals surface area contributed by atoms with Gasteiger partial charge in [0.05, 0.1) is 25.0 Å². The van der Waals surface area contributed by atoms with Gasteiger partial charge in [-0.3, -0.25) is 4.79 Å². The lowest BCUT2D eigenvalue weighted by Gasteiger charge is -2.19. The van der Waals surface area contributed by atoms with Crippen LogP contribution in [0.15, 0.2) is 60.9 Å². The molecule has 126 valence electrons. The molecule has 0 fully saturated rings. The molecule has 1 amide bonds. The maximum absolute atomic E-state index is 12.7. The summed E-state index contributed by atoms with van der Waals surface area (Å²) < 4.78 is 10.6. The smallest absolute Gasteiger partial charge is 0.251 e. The Bertz CT molecular complexity index is 865. The second-order valence-electron chi connectivity index (χ2n) is 5.59. The summed E-state index contributed by atoms with van der Waals surface area (Å²) in [7, 11) is 0. The summed E-state index contributed by atoms with van der Waals surface area (Å²) in [5, 5.41) is 11.3. The van der Waals surface area contributed by atoms with E-state index in [0.29, 0.717) is 23.6 Å². The highest BCUT2D eigenvalue weighted by Crippen LogP contribution is 2.32. The molecule has 0 aliphatic carbocycles. The number of nitrogens with zero attached hydrogens (tertiary/aromatic N) is 3. The van der Waals surface area contributed by atoms with Crippen molar-refractivity contribution in [2.24, 2.45) is 0 Å². The van der Waals surface area contributed by atoms with E-state index in [2.05, 4.69) is 15.5 Å². The monoisotopic (exact) mass is 336 g/mol. The van der Waals surface area contributed by atoms with Gasteiger partial charge < -0.3 is 14.8 Å². The molecule has 0 bridgehead atoms. The van der Waals surface area contributed by atoms with Gasteiger partial charge in [-0.25, -0.2) is 0 Å². The number of hydrogen-bond donors (Lipinski definition) is 1. The molecule has 0 saturated carbocycles. The quantitative estimate of drug-likeness (QED) is 0.773. The Hall–Kier alpha value is -3.35. The van der Waals surface area contributed by atoms with Gasteiger partial charge in [0, 0.05) is 5.56 Å². The Morgan fingerprint density at radius 2 is 1.84 bits per heavy atom. The summed E-state index contributed by atoms with van der Waals surface area (Å²) in [6.07, 6.45) is 3.23. The molecule has 1 atom stereocenters. The minimum absolute atomic E-state index is 0.179. The highest BCUT2D eigenvalue weighted by Gasteiger charge is 2.20. The van der Waals surface area contributed by atoms with Gasteiger partial charge >= 0.3 is 0 Å². The zero-order chi connectivity index (χ0) is 17.1. The zero-order valence-electron chi connectivity index (χ0n) is 13.3. The molecule has 1 aromatic heterocycles. The Morgan fingerprint density at radius 1 is 1.08 bits per heavy atom. The average molecular weight is 336 g/mol. The van der Waals surface area contributed by atoms with Crippen LogP contribution in [-0.2, 0) is 6.54 Å². The second-order valence-corrected chi connectivity index (χ2v) is 5.59. The predicted molar refractivity (Wildman–Crippen MR) is 89.2 cm³/mol. The van der Waals surface area contributed by atoms with E-state index in [1.807, 2.05) is 30.3 Å². The fourth-order valence-electron chi connectivity index (χ4n) is 2.70. The number of amides is 1. The van der Waals surface area contributed by atoms with Crippen LogP contribution in [0.3, 0.4) is 0 Å². The van der Waals surface area contributed by atoms with Gasteiger partial charge in [0.2, 0.25) is 6.79 Å². The first-order valence-corrected chi connectivity index (χ1v) is 7.89. The van der Waals surface area contributed by atoms with E-state index in [-0.39, 0.29) is 18.7 Å². The molecule has 1 aliphatic rings. The van der Waals surface area contributed by atoms with Crippen molar-refractivity contribution in [2.45, 2.75) is 12.6 Å². The minimum Gasteiger partial charge on any atom is -0.454 e. The molecule has 2 heterocycles. The standard InChI is InChI=1S/C18H16N4O3/c23-18(14-6-7-16-17(10-14)25-12-24-16)21-15(11-22-19-8-9-20-22)13-4-2-1-3-5-13/h1-10,15H,11-12H2,(H,21,23). The average Bonchev–Trinajstić information content (AvgIpc) is 3.32. The van der Waals surface area contributed by atoms with Crippen LogP contribution in [-0.4, -0.2) is 27.7 Å². The van der Waals surface area contributed by atoms with Crippen LogP contribution >= 0.6 is 0 Å². The topological polar surface area (TPSA) is 78.3 Å². The van der Waals surface area contributed by atoms with Gasteiger partial charge in [-0.1, -0.05) is 30.3 Å². The lowest BCUT2D eigenvalue weighted by atomic mass is 10.1. The van der Waals surface area contributed by atoms with Crippen LogP contribution in [0.5, 0.6) is 11.5 Å². The molecule has 0 radical (unpaired) electrons. The maximum Gasteiger partial charge on any atom is 0.251 e. The molecule has 3 aromatic rings. The molecule has 1 N–H and O–H groups in total. The van der Waals surface area contributed by atoms with Gasteiger partial charge in [0.1, 0.15) is 0 Å². The van der Waals surface area contributed by atoms with E-state index in [1.165, 1.54) is 0 Å². The molecule has 1 unspecified atom stereocenters. The highest BCUT2D eigenvalue weighted by molar-refractivity contribution is 5.95. The third kappa shape index (κ3) is 3.30. The summed E-state index contributed by atoms with van der Waals surface area (Å²) in [5.41, 5.74) is 1.49. The summed E-state index contributed by atoms with van der Waals surface area (Å²) in [5.74, 6) is 1.04. The molecule has 25 heavy (non-hydrogen) atoms. The molecule has 4 rings (SSSR count). The van der Waals surface area contributed by atoms with Crippen molar-refractivity contribution < 1.29 is 14.3 Å². The van der Waals surface area contributed by atoms with Crippen molar-refractivity contribution >= 4 is 5.91 Å². The molecular weight excluding hydrogens is 320 g/mol. The third-order valence-electron chi connectivity index (χ3n) is 3.95. The van der Waals surface area contributed by atoms with Gasteiger partial charge in [0.25, 0.3) is 5.91 Å². The number of aromatic nitrogens is 3. The van der Waals surface area contributed by atoms with Crippen LogP contribution in [0.25, 0.3) is 0 Å². The van der Waals surface area contributed by atoms with E-state index < -0.39 is 0 Å². The molecule has 0 spiro atoms. The number of rotatable bonds is 5. The van der Waals surface area contributed by atoms with Crippen molar-refractivity contribution in [1.82, 2.24) is 20.3 Å². The number of carbonyl (C=O) groups is 1.